The molecule has 284 valence electrons. The maximum Gasteiger partial charge on any atom is 0.408 e. The van der Waals surface area contributed by atoms with E-state index in [0.717, 1.165) is 0 Å². The van der Waals surface area contributed by atoms with Gasteiger partial charge >= 0.3 is 6.09 Å². The number of carbonyl (C=O) groups excluding carboxylic acids is 7. The average molecular weight is 715 g/mol. The smallest absolute Gasteiger partial charge is 0.408 e. The van der Waals surface area contributed by atoms with E-state index in [2.05, 4.69) is 21.3 Å². The van der Waals surface area contributed by atoms with Crippen molar-refractivity contribution >= 4 is 41.4 Å². The molecule has 4 N–H and O–H groups in total. The van der Waals surface area contributed by atoms with E-state index in [4.69, 9.17) is 4.74 Å². The standard InChI is InChI=1S/C37H58N6O8/c1-12-16-25(29(45)32(47)38-20-27(44)40-28(33(48)42(10)11)24-17-14-13-15-18-24)39-31(46)26-19-37(8,9)21-43(26)34(49)30(36(5,6)7)41-35(50)51-23(4)22(2)3/h13-15,17-18,22-23,25-26,28,30H,12,16,19-21H2,1-11H3,(H,38,47)(H,39,46)(H,40,44)(H,41,50). The summed E-state index contributed by atoms with van der Waals surface area (Å²) in [7, 11) is 3.11. The fourth-order valence-corrected chi connectivity index (χ4v) is 5.64. The van der Waals surface area contributed by atoms with Crippen LogP contribution < -0.4 is 21.3 Å². The molecule has 1 aliphatic heterocycles. The number of nitrogens with one attached hydrogen (secondary N) is 4. The molecular formula is C37H58N6O8. The zero-order valence-electron chi connectivity index (χ0n) is 32.0. The van der Waals surface area contributed by atoms with Crippen molar-refractivity contribution in [2.24, 2.45) is 16.7 Å². The number of hydrogen-bond donors (Lipinski definition) is 4. The van der Waals surface area contributed by atoms with E-state index in [0.29, 0.717) is 12.0 Å². The van der Waals surface area contributed by atoms with E-state index < -0.39 is 77.0 Å². The monoisotopic (exact) mass is 714 g/mol. The van der Waals surface area contributed by atoms with Crippen LogP contribution in [0, 0.1) is 16.7 Å². The number of ether oxygens (including phenoxy) is 1. The van der Waals surface area contributed by atoms with Crippen LogP contribution in [0.3, 0.4) is 0 Å². The van der Waals surface area contributed by atoms with Crippen LogP contribution in [0.15, 0.2) is 30.3 Å². The van der Waals surface area contributed by atoms with E-state index in [9.17, 15) is 33.6 Å². The van der Waals surface area contributed by atoms with E-state index in [1.54, 1.807) is 79.0 Å². The predicted octanol–water partition coefficient (Wildman–Crippen LogP) is 2.71. The molecule has 6 amide bonds. The first kappa shape index (κ1) is 42.7. The van der Waals surface area contributed by atoms with Gasteiger partial charge in [-0.2, -0.15) is 0 Å². The summed E-state index contributed by atoms with van der Waals surface area (Å²) in [5.41, 5.74) is -0.657. The molecule has 1 aromatic carbocycles. The van der Waals surface area contributed by atoms with Gasteiger partial charge in [0, 0.05) is 20.6 Å². The van der Waals surface area contributed by atoms with Crippen LogP contribution in [0.4, 0.5) is 4.79 Å². The molecule has 2 rings (SSSR count). The van der Waals surface area contributed by atoms with E-state index in [1.807, 2.05) is 27.7 Å². The summed E-state index contributed by atoms with van der Waals surface area (Å²) < 4.78 is 5.47. The minimum atomic E-state index is -1.22. The lowest BCUT2D eigenvalue weighted by molar-refractivity contribution is -0.144. The van der Waals surface area contributed by atoms with Crippen molar-refractivity contribution in [1.29, 1.82) is 0 Å². The number of ketones is 1. The van der Waals surface area contributed by atoms with Gasteiger partial charge in [0.05, 0.1) is 12.6 Å². The van der Waals surface area contributed by atoms with Crippen molar-refractivity contribution in [2.75, 3.05) is 27.2 Å². The third-order valence-electron chi connectivity index (χ3n) is 8.88. The fourth-order valence-electron chi connectivity index (χ4n) is 5.64. The summed E-state index contributed by atoms with van der Waals surface area (Å²) in [6, 6.07) is 4.39. The highest BCUT2D eigenvalue weighted by Gasteiger charge is 2.48. The van der Waals surface area contributed by atoms with Gasteiger partial charge in [0.1, 0.15) is 24.2 Å². The minimum Gasteiger partial charge on any atom is -0.446 e. The number of nitrogens with zero attached hydrogens (tertiary/aromatic N) is 2. The third-order valence-corrected chi connectivity index (χ3v) is 8.88. The highest BCUT2D eigenvalue weighted by Crippen LogP contribution is 2.36. The Kier molecular flexibility index (Phi) is 15.2. The van der Waals surface area contributed by atoms with Gasteiger partial charge in [0.15, 0.2) is 0 Å². The number of benzene rings is 1. The van der Waals surface area contributed by atoms with Gasteiger partial charge in [-0.05, 0) is 42.1 Å². The number of hydrogen-bond acceptors (Lipinski definition) is 8. The molecule has 0 bridgehead atoms. The molecule has 0 aliphatic carbocycles. The molecule has 51 heavy (non-hydrogen) atoms. The second-order valence-electron chi connectivity index (χ2n) is 15.7. The van der Waals surface area contributed by atoms with Crippen molar-refractivity contribution in [3.8, 4) is 0 Å². The Labute approximate surface area is 302 Å². The highest BCUT2D eigenvalue weighted by atomic mass is 16.6. The Morgan fingerprint density at radius 1 is 0.961 bits per heavy atom. The fraction of sp³-hybridized carbons (Fsp3) is 0.649. The first-order chi connectivity index (χ1) is 23.6. The van der Waals surface area contributed by atoms with Crippen molar-refractivity contribution in [2.45, 2.75) is 112 Å². The Bertz CT molecular complexity index is 1420. The summed E-state index contributed by atoms with van der Waals surface area (Å²) in [6.07, 6.45) is -0.264. The Morgan fingerprint density at radius 2 is 1.57 bits per heavy atom. The van der Waals surface area contributed by atoms with Gasteiger partial charge in [0.2, 0.25) is 29.4 Å². The summed E-state index contributed by atoms with van der Waals surface area (Å²) in [5, 5.41) is 10.3. The van der Waals surface area contributed by atoms with Gasteiger partial charge in [-0.15, -0.1) is 0 Å². The molecule has 1 fully saturated rings. The number of rotatable bonds is 15. The Hall–Kier alpha value is -4.49. The van der Waals surface area contributed by atoms with Crippen LogP contribution in [0.2, 0.25) is 0 Å². The van der Waals surface area contributed by atoms with Gasteiger partial charge in [0.25, 0.3) is 5.91 Å². The average Bonchev–Trinajstić information content (AvgIpc) is 3.38. The summed E-state index contributed by atoms with van der Waals surface area (Å²) in [5.74, 6) is -4.11. The molecule has 14 nitrogen and oxygen atoms in total. The van der Waals surface area contributed by atoms with Gasteiger partial charge in [-0.1, -0.05) is 92.1 Å². The second-order valence-corrected chi connectivity index (χ2v) is 15.7. The SMILES string of the molecule is CCCC(NC(=O)C1CC(C)(C)CN1C(=O)C(NC(=O)OC(C)C(C)C)C(C)(C)C)C(=O)C(=O)NCC(=O)NC(C(=O)N(C)C)c1ccccc1. The maximum absolute atomic E-state index is 14.1. The van der Waals surface area contributed by atoms with Crippen LogP contribution in [0.1, 0.15) is 93.2 Å². The number of Topliss-reactive ketones (excluding diaryl/α,β-unsaturated/α-hetero) is 1. The van der Waals surface area contributed by atoms with E-state index in [-0.39, 0.29) is 37.3 Å². The lowest BCUT2D eigenvalue weighted by Gasteiger charge is -2.36. The lowest BCUT2D eigenvalue weighted by Crippen LogP contribution is -2.59. The Balaban J connectivity index is 2.18. The van der Waals surface area contributed by atoms with Crippen molar-refractivity contribution in [3.05, 3.63) is 35.9 Å². The number of amides is 6. The zero-order valence-corrected chi connectivity index (χ0v) is 32.0. The van der Waals surface area contributed by atoms with Crippen molar-refractivity contribution in [1.82, 2.24) is 31.1 Å². The van der Waals surface area contributed by atoms with E-state index >= 15 is 0 Å². The topological polar surface area (TPSA) is 183 Å². The third kappa shape index (κ3) is 12.4. The lowest BCUT2D eigenvalue weighted by atomic mass is 9.85. The maximum atomic E-state index is 14.1. The molecule has 1 aromatic rings. The summed E-state index contributed by atoms with van der Waals surface area (Å²) in [4.78, 5) is 95.3. The largest absolute Gasteiger partial charge is 0.446 e. The van der Waals surface area contributed by atoms with Gasteiger partial charge in [-0.25, -0.2) is 4.79 Å². The van der Waals surface area contributed by atoms with Crippen LogP contribution in [-0.2, 0) is 33.5 Å². The van der Waals surface area contributed by atoms with Crippen LogP contribution >= 0.6 is 0 Å². The van der Waals surface area contributed by atoms with Crippen LogP contribution in [0.5, 0.6) is 0 Å². The van der Waals surface area contributed by atoms with Crippen LogP contribution in [-0.4, -0.2) is 103 Å². The second kappa shape index (κ2) is 18.1. The normalized spacial score (nSPS) is 17.7. The molecule has 0 radical (unpaired) electrons. The van der Waals surface area contributed by atoms with Crippen molar-refractivity contribution < 1.29 is 38.3 Å². The number of likely N-dealkylation sites (tertiary alicyclic amines) is 1. The molecule has 5 unspecified atom stereocenters. The van der Waals surface area contributed by atoms with Gasteiger partial charge < -0.3 is 35.8 Å². The van der Waals surface area contributed by atoms with Crippen molar-refractivity contribution in [3.63, 3.8) is 0 Å². The number of likely N-dealkylation sites (N-methyl/N-ethyl adjacent to an activating group) is 1. The molecular weight excluding hydrogens is 656 g/mol. The first-order valence-electron chi connectivity index (χ1n) is 17.5. The van der Waals surface area contributed by atoms with Crippen LogP contribution in [0.25, 0.3) is 0 Å². The number of carbonyl (C=O) groups is 7. The molecule has 5 atom stereocenters. The molecule has 1 aliphatic rings. The number of alkyl carbamates (subject to hydrolysis) is 1. The predicted molar refractivity (Wildman–Crippen MR) is 192 cm³/mol. The molecule has 1 heterocycles. The highest BCUT2D eigenvalue weighted by molar-refractivity contribution is 6.38. The molecule has 0 saturated carbocycles. The summed E-state index contributed by atoms with van der Waals surface area (Å²) in [6.45, 7) is 16.2. The first-order valence-corrected chi connectivity index (χ1v) is 17.5. The Morgan fingerprint density at radius 3 is 2.10 bits per heavy atom. The minimum absolute atomic E-state index is 0.0655. The molecule has 0 aromatic heterocycles. The van der Waals surface area contributed by atoms with Gasteiger partial charge in [-0.3, -0.25) is 28.8 Å². The molecule has 14 heteroatoms. The summed E-state index contributed by atoms with van der Waals surface area (Å²) >= 11 is 0. The quantitative estimate of drug-likeness (QED) is 0.200. The molecule has 1 saturated heterocycles. The zero-order chi connectivity index (χ0) is 38.8. The van der Waals surface area contributed by atoms with E-state index in [1.165, 1.54) is 9.80 Å². The molecule has 0 spiro atoms.